The fourth-order valence-corrected chi connectivity index (χ4v) is 3.96. The molecule has 1 rings (SSSR count). The highest BCUT2D eigenvalue weighted by atomic mass is 79.9. The molecule has 0 N–H and O–H groups in total. The average Bonchev–Trinajstić information content (AvgIpc) is 2.35. The standard InChI is InChI=1S/C12H25BrN2O2S/c1-12-6-10-15(11-7-12)18(16,17)14(2)9-5-3-4-8-13/h12H,3-11H2,1-2H3. The first-order valence-corrected chi connectivity index (χ1v) is 9.27. The van der Waals surface area contributed by atoms with Crippen LogP contribution in [0.5, 0.6) is 0 Å². The van der Waals surface area contributed by atoms with Crippen molar-refractivity contribution in [3.63, 3.8) is 0 Å². The maximum atomic E-state index is 12.3. The van der Waals surface area contributed by atoms with E-state index in [1.807, 2.05) is 0 Å². The van der Waals surface area contributed by atoms with E-state index in [-0.39, 0.29) is 0 Å². The molecule has 0 spiro atoms. The zero-order valence-electron chi connectivity index (χ0n) is 11.4. The highest BCUT2D eigenvalue weighted by molar-refractivity contribution is 9.09. The lowest BCUT2D eigenvalue weighted by molar-refractivity contribution is 0.270. The van der Waals surface area contributed by atoms with Crippen LogP contribution in [-0.2, 0) is 10.2 Å². The van der Waals surface area contributed by atoms with Gasteiger partial charge in [-0.25, -0.2) is 0 Å². The van der Waals surface area contributed by atoms with Gasteiger partial charge in [-0.3, -0.25) is 0 Å². The lowest BCUT2D eigenvalue weighted by Gasteiger charge is -2.32. The van der Waals surface area contributed by atoms with Crippen LogP contribution in [0.1, 0.15) is 39.0 Å². The molecular formula is C12H25BrN2O2S. The zero-order chi connectivity index (χ0) is 13.6. The summed E-state index contributed by atoms with van der Waals surface area (Å²) in [6.07, 6.45) is 5.08. The molecule has 0 bridgehead atoms. The van der Waals surface area contributed by atoms with E-state index in [4.69, 9.17) is 0 Å². The zero-order valence-corrected chi connectivity index (χ0v) is 13.8. The molecule has 0 unspecified atom stereocenters. The minimum absolute atomic E-state index is 0.626. The van der Waals surface area contributed by atoms with Crippen molar-refractivity contribution in [1.82, 2.24) is 8.61 Å². The number of rotatable bonds is 7. The van der Waals surface area contributed by atoms with E-state index < -0.39 is 10.2 Å². The average molecular weight is 341 g/mol. The summed E-state index contributed by atoms with van der Waals surface area (Å²) in [5.41, 5.74) is 0. The van der Waals surface area contributed by atoms with Crippen LogP contribution < -0.4 is 0 Å². The Bertz CT molecular complexity index is 327. The Labute approximate surface area is 120 Å². The van der Waals surface area contributed by atoms with Gasteiger partial charge < -0.3 is 0 Å². The van der Waals surface area contributed by atoms with Crippen molar-refractivity contribution in [2.24, 2.45) is 5.92 Å². The second-order valence-corrected chi connectivity index (χ2v) is 7.99. The van der Waals surface area contributed by atoms with Crippen molar-refractivity contribution in [2.75, 3.05) is 32.0 Å². The van der Waals surface area contributed by atoms with Crippen LogP contribution in [0.2, 0.25) is 0 Å². The molecule has 0 radical (unpaired) electrons. The Balaban J connectivity index is 2.41. The first-order chi connectivity index (χ1) is 8.48. The van der Waals surface area contributed by atoms with Crippen molar-refractivity contribution in [3.8, 4) is 0 Å². The number of hydrogen-bond donors (Lipinski definition) is 0. The van der Waals surface area contributed by atoms with Gasteiger partial charge in [0.1, 0.15) is 0 Å². The van der Waals surface area contributed by atoms with Gasteiger partial charge in [0, 0.05) is 32.0 Å². The number of nitrogens with zero attached hydrogens (tertiary/aromatic N) is 2. The largest absolute Gasteiger partial charge is 0.281 e. The van der Waals surface area contributed by atoms with E-state index in [1.54, 1.807) is 11.4 Å². The van der Waals surface area contributed by atoms with Crippen molar-refractivity contribution in [1.29, 1.82) is 0 Å². The Hall–Kier alpha value is 0.350. The van der Waals surface area contributed by atoms with Gasteiger partial charge in [-0.15, -0.1) is 0 Å². The van der Waals surface area contributed by atoms with Gasteiger partial charge in [0.25, 0.3) is 10.2 Å². The minimum atomic E-state index is -3.22. The lowest BCUT2D eigenvalue weighted by atomic mass is 10.0. The van der Waals surface area contributed by atoms with Crippen LogP contribution in [0.3, 0.4) is 0 Å². The summed E-state index contributed by atoms with van der Waals surface area (Å²) < 4.78 is 27.7. The van der Waals surface area contributed by atoms with Crippen LogP contribution in [0.4, 0.5) is 0 Å². The molecule has 1 saturated heterocycles. The van der Waals surface area contributed by atoms with Gasteiger partial charge in [-0.05, 0) is 31.6 Å². The Kier molecular flexibility index (Phi) is 7.13. The number of halogens is 1. The second-order valence-electron chi connectivity index (χ2n) is 5.16. The summed E-state index contributed by atoms with van der Waals surface area (Å²) in [6.45, 7) is 4.17. The van der Waals surface area contributed by atoms with Gasteiger partial charge >= 0.3 is 0 Å². The molecule has 1 heterocycles. The molecule has 0 aliphatic carbocycles. The van der Waals surface area contributed by atoms with Gasteiger partial charge in [0.15, 0.2) is 0 Å². The summed E-state index contributed by atoms with van der Waals surface area (Å²) in [5, 5.41) is 0.994. The van der Waals surface area contributed by atoms with Gasteiger partial charge in [0.05, 0.1) is 0 Å². The van der Waals surface area contributed by atoms with Crippen LogP contribution in [0.15, 0.2) is 0 Å². The molecule has 0 atom stereocenters. The predicted octanol–water partition coefficient (Wildman–Crippen LogP) is 2.46. The normalized spacial score (nSPS) is 19.6. The highest BCUT2D eigenvalue weighted by Crippen LogP contribution is 2.20. The van der Waals surface area contributed by atoms with Crippen LogP contribution >= 0.6 is 15.9 Å². The molecule has 6 heteroatoms. The quantitative estimate of drug-likeness (QED) is 0.527. The fourth-order valence-electron chi connectivity index (χ4n) is 2.13. The van der Waals surface area contributed by atoms with Gasteiger partial charge in [-0.2, -0.15) is 17.0 Å². The third-order valence-electron chi connectivity index (χ3n) is 3.57. The first-order valence-electron chi connectivity index (χ1n) is 6.76. The van der Waals surface area contributed by atoms with Crippen molar-refractivity contribution >= 4 is 26.1 Å². The SMILES string of the molecule is CC1CCN(S(=O)(=O)N(C)CCCCCBr)CC1. The number of piperidine rings is 1. The van der Waals surface area contributed by atoms with Gasteiger partial charge in [0.2, 0.25) is 0 Å². The number of alkyl halides is 1. The van der Waals surface area contributed by atoms with Crippen LogP contribution in [0, 0.1) is 5.92 Å². The van der Waals surface area contributed by atoms with Crippen LogP contribution in [-0.4, -0.2) is 49.0 Å². The number of unbranched alkanes of at least 4 members (excludes halogenated alkanes) is 2. The summed E-state index contributed by atoms with van der Waals surface area (Å²) in [5.74, 6) is 0.653. The molecule has 0 amide bonds. The van der Waals surface area contributed by atoms with Crippen molar-refractivity contribution in [2.45, 2.75) is 39.0 Å². The van der Waals surface area contributed by atoms with Crippen LogP contribution in [0.25, 0.3) is 0 Å². The minimum Gasteiger partial charge on any atom is -0.195 e. The Morgan fingerprint density at radius 1 is 1.22 bits per heavy atom. The monoisotopic (exact) mass is 340 g/mol. The maximum Gasteiger partial charge on any atom is 0.281 e. The Morgan fingerprint density at radius 2 is 1.83 bits per heavy atom. The third-order valence-corrected chi connectivity index (χ3v) is 6.12. The molecule has 0 saturated carbocycles. The summed E-state index contributed by atoms with van der Waals surface area (Å²) in [4.78, 5) is 0. The highest BCUT2D eigenvalue weighted by Gasteiger charge is 2.29. The molecule has 1 aliphatic heterocycles. The smallest absolute Gasteiger partial charge is 0.195 e. The second kappa shape index (κ2) is 7.82. The molecule has 1 aliphatic rings. The fraction of sp³-hybridized carbons (Fsp3) is 1.00. The number of hydrogen-bond acceptors (Lipinski definition) is 2. The molecule has 4 nitrogen and oxygen atoms in total. The van der Waals surface area contributed by atoms with E-state index >= 15 is 0 Å². The van der Waals surface area contributed by atoms with E-state index in [9.17, 15) is 8.42 Å². The first kappa shape index (κ1) is 16.4. The van der Waals surface area contributed by atoms with Crippen molar-refractivity contribution < 1.29 is 8.42 Å². The molecule has 0 aromatic heterocycles. The van der Waals surface area contributed by atoms with Crippen molar-refractivity contribution in [3.05, 3.63) is 0 Å². The van der Waals surface area contributed by atoms with E-state index in [0.717, 1.165) is 37.4 Å². The van der Waals surface area contributed by atoms with E-state index in [0.29, 0.717) is 25.6 Å². The molecule has 0 aromatic rings. The summed E-state index contributed by atoms with van der Waals surface area (Å²) in [7, 11) is -1.52. The van der Waals surface area contributed by atoms with E-state index in [1.165, 1.54) is 4.31 Å². The molecular weight excluding hydrogens is 316 g/mol. The summed E-state index contributed by atoms with van der Waals surface area (Å²) >= 11 is 3.38. The molecule has 0 aromatic carbocycles. The third kappa shape index (κ3) is 4.79. The molecule has 108 valence electrons. The van der Waals surface area contributed by atoms with Gasteiger partial charge in [-0.1, -0.05) is 29.3 Å². The van der Waals surface area contributed by atoms with E-state index in [2.05, 4.69) is 22.9 Å². The molecule has 1 fully saturated rings. The lowest BCUT2D eigenvalue weighted by Crippen LogP contribution is -2.45. The molecule has 18 heavy (non-hydrogen) atoms. The topological polar surface area (TPSA) is 40.6 Å². The predicted molar refractivity (Wildman–Crippen MR) is 79.2 cm³/mol. The summed E-state index contributed by atoms with van der Waals surface area (Å²) in [6, 6.07) is 0. The maximum absolute atomic E-state index is 12.3. The Morgan fingerprint density at radius 3 is 2.39 bits per heavy atom.